The zero-order valence-corrected chi connectivity index (χ0v) is 14.5. The number of sulfonamides is 1. The molecule has 0 fully saturated rings. The van der Waals surface area contributed by atoms with Gasteiger partial charge in [0.1, 0.15) is 0 Å². The zero-order chi connectivity index (χ0) is 17.2. The Labute approximate surface area is 140 Å². The monoisotopic (exact) mass is 353 g/mol. The van der Waals surface area contributed by atoms with Crippen LogP contribution in [0.5, 0.6) is 0 Å². The highest BCUT2D eigenvalue weighted by atomic mass is 35.5. The largest absolute Gasteiger partial charge is 0.465 e. The van der Waals surface area contributed by atoms with E-state index in [-0.39, 0.29) is 10.5 Å². The van der Waals surface area contributed by atoms with Gasteiger partial charge >= 0.3 is 5.97 Å². The minimum Gasteiger partial charge on any atom is -0.465 e. The van der Waals surface area contributed by atoms with E-state index in [0.29, 0.717) is 21.8 Å². The number of methoxy groups -OCH3 is 1. The number of carbonyl (C=O) groups excluding carboxylic acids is 1. The van der Waals surface area contributed by atoms with E-state index in [1.807, 2.05) is 0 Å². The average molecular weight is 354 g/mol. The standard InChI is InChI=1S/C16H16ClNO4S/c1-10-4-6-13(9-14(10)16(19)22-3)23(20,21)18-15-7-5-12(17)8-11(15)2/h4-9,18H,1-3H3. The summed E-state index contributed by atoms with van der Waals surface area (Å²) in [5, 5.41) is 0.522. The van der Waals surface area contributed by atoms with E-state index in [1.165, 1.54) is 19.2 Å². The molecule has 0 aliphatic carbocycles. The summed E-state index contributed by atoms with van der Waals surface area (Å²) in [5.41, 5.74) is 1.97. The Morgan fingerprint density at radius 3 is 2.39 bits per heavy atom. The summed E-state index contributed by atoms with van der Waals surface area (Å²) >= 11 is 5.87. The minimum atomic E-state index is -3.83. The van der Waals surface area contributed by atoms with Crippen LogP contribution in [0.15, 0.2) is 41.3 Å². The van der Waals surface area contributed by atoms with Crippen molar-refractivity contribution in [3.63, 3.8) is 0 Å². The highest BCUT2D eigenvalue weighted by molar-refractivity contribution is 7.92. The van der Waals surface area contributed by atoms with E-state index in [1.54, 1.807) is 38.1 Å². The number of ether oxygens (including phenoxy) is 1. The Morgan fingerprint density at radius 2 is 1.78 bits per heavy atom. The third kappa shape index (κ3) is 3.83. The Morgan fingerprint density at radius 1 is 1.09 bits per heavy atom. The molecule has 0 unspecified atom stereocenters. The van der Waals surface area contributed by atoms with Crippen LogP contribution in [0.3, 0.4) is 0 Å². The fourth-order valence-electron chi connectivity index (χ4n) is 2.04. The first kappa shape index (κ1) is 17.3. The fraction of sp³-hybridized carbons (Fsp3) is 0.188. The molecule has 122 valence electrons. The van der Waals surface area contributed by atoms with Gasteiger partial charge in [-0.3, -0.25) is 4.72 Å². The van der Waals surface area contributed by atoms with Gasteiger partial charge in [-0.1, -0.05) is 17.7 Å². The number of anilines is 1. The highest BCUT2D eigenvalue weighted by Gasteiger charge is 2.19. The molecule has 0 saturated carbocycles. The van der Waals surface area contributed by atoms with Gasteiger partial charge in [0, 0.05) is 5.02 Å². The van der Waals surface area contributed by atoms with Gasteiger partial charge in [0.25, 0.3) is 10.0 Å². The number of carbonyl (C=O) groups is 1. The Bertz CT molecular complexity index is 862. The van der Waals surface area contributed by atoms with Crippen LogP contribution >= 0.6 is 11.6 Å². The average Bonchev–Trinajstić information content (AvgIpc) is 2.49. The van der Waals surface area contributed by atoms with Crippen molar-refractivity contribution in [2.24, 2.45) is 0 Å². The SMILES string of the molecule is COC(=O)c1cc(S(=O)(=O)Nc2ccc(Cl)cc2C)ccc1C. The number of aryl methyl sites for hydroxylation is 2. The molecule has 5 nitrogen and oxygen atoms in total. The third-order valence-corrected chi connectivity index (χ3v) is 4.96. The van der Waals surface area contributed by atoms with E-state index in [2.05, 4.69) is 9.46 Å². The number of hydrogen-bond donors (Lipinski definition) is 1. The fourth-order valence-corrected chi connectivity index (χ4v) is 3.43. The summed E-state index contributed by atoms with van der Waals surface area (Å²) in [6.07, 6.45) is 0. The van der Waals surface area contributed by atoms with Gasteiger partial charge < -0.3 is 4.74 Å². The predicted molar refractivity (Wildman–Crippen MR) is 89.5 cm³/mol. The van der Waals surface area contributed by atoms with Crippen molar-refractivity contribution in [2.75, 3.05) is 11.8 Å². The molecule has 0 atom stereocenters. The first-order chi connectivity index (χ1) is 10.7. The molecule has 2 rings (SSSR count). The lowest BCUT2D eigenvalue weighted by atomic mass is 10.1. The number of hydrogen-bond acceptors (Lipinski definition) is 4. The topological polar surface area (TPSA) is 72.5 Å². The molecule has 7 heteroatoms. The van der Waals surface area contributed by atoms with E-state index < -0.39 is 16.0 Å². The van der Waals surface area contributed by atoms with Crippen molar-refractivity contribution in [3.05, 3.63) is 58.1 Å². The number of benzene rings is 2. The predicted octanol–water partition coefficient (Wildman–Crippen LogP) is 3.54. The van der Waals surface area contributed by atoms with E-state index in [9.17, 15) is 13.2 Å². The van der Waals surface area contributed by atoms with Crippen molar-refractivity contribution in [1.29, 1.82) is 0 Å². The molecule has 0 bridgehead atoms. The van der Waals surface area contributed by atoms with Crippen LogP contribution in [0.1, 0.15) is 21.5 Å². The maximum Gasteiger partial charge on any atom is 0.338 e. The molecule has 0 spiro atoms. The first-order valence-corrected chi connectivity index (χ1v) is 8.58. The van der Waals surface area contributed by atoms with Crippen molar-refractivity contribution < 1.29 is 17.9 Å². The van der Waals surface area contributed by atoms with Crippen LogP contribution < -0.4 is 4.72 Å². The summed E-state index contributed by atoms with van der Waals surface area (Å²) in [6.45, 7) is 3.46. The molecule has 23 heavy (non-hydrogen) atoms. The highest BCUT2D eigenvalue weighted by Crippen LogP contribution is 2.24. The molecule has 0 radical (unpaired) electrons. The molecule has 0 aromatic heterocycles. The van der Waals surface area contributed by atoms with Crippen molar-refractivity contribution in [2.45, 2.75) is 18.7 Å². The molecule has 2 aromatic rings. The molecule has 2 aromatic carbocycles. The van der Waals surface area contributed by atoms with Gasteiger partial charge in [0.05, 0.1) is 23.3 Å². The van der Waals surface area contributed by atoms with E-state index >= 15 is 0 Å². The molecule has 0 amide bonds. The molecule has 0 heterocycles. The minimum absolute atomic E-state index is 0.0159. The van der Waals surface area contributed by atoms with Gasteiger partial charge in [0.2, 0.25) is 0 Å². The molecule has 0 aliphatic rings. The van der Waals surface area contributed by atoms with Gasteiger partial charge in [-0.05, 0) is 55.3 Å². The van der Waals surface area contributed by atoms with E-state index in [4.69, 9.17) is 11.6 Å². The molecule has 0 aliphatic heterocycles. The summed E-state index contributed by atoms with van der Waals surface area (Å²) < 4.78 is 32.2. The molecule has 1 N–H and O–H groups in total. The quantitative estimate of drug-likeness (QED) is 0.853. The summed E-state index contributed by atoms with van der Waals surface area (Å²) in [5.74, 6) is -0.581. The van der Waals surface area contributed by atoms with Crippen LogP contribution in [-0.4, -0.2) is 21.5 Å². The van der Waals surface area contributed by atoms with Crippen LogP contribution in [0.25, 0.3) is 0 Å². The lowest BCUT2D eigenvalue weighted by Gasteiger charge is -2.12. The number of rotatable bonds is 4. The normalized spacial score (nSPS) is 11.1. The van der Waals surface area contributed by atoms with Crippen LogP contribution in [0, 0.1) is 13.8 Å². The Kier molecular flexibility index (Phi) is 4.97. The second kappa shape index (κ2) is 6.60. The Balaban J connectivity index is 2.42. The van der Waals surface area contributed by atoms with E-state index in [0.717, 1.165) is 0 Å². The van der Waals surface area contributed by atoms with Gasteiger partial charge in [0.15, 0.2) is 0 Å². The van der Waals surface area contributed by atoms with Crippen LogP contribution in [-0.2, 0) is 14.8 Å². The van der Waals surface area contributed by atoms with Gasteiger partial charge in [-0.2, -0.15) is 0 Å². The lowest BCUT2D eigenvalue weighted by Crippen LogP contribution is -2.15. The zero-order valence-electron chi connectivity index (χ0n) is 12.9. The second-order valence-electron chi connectivity index (χ2n) is 5.03. The van der Waals surface area contributed by atoms with Crippen molar-refractivity contribution in [1.82, 2.24) is 0 Å². The van der Waals surface area contributed by atoms with Crippen LogP contribution in [0.2, 0.25) is 5.02 Å². The van der Waals surface area contributed by atoms with Crippen molar-refractivity contribution in [3.8, 4) is 0 Å². The maximum absolute atomic E-state index is 12.5. The van der Waals surface area contributed by atoms with Crippen molar-refractivity contribution >= 4 is 33.3 Å². The summed E-state index contributed by atoms with van der Waals surface area (Å²) in [4.78, 5) is 11.7. The number of esters is 1. The second-order valence-corrected chi connectivity index (χ2v) is 7.15. The summed E-state index contributed by atoms with van der Waals surface area (Å²) in [7, 11) is -2.58. The smallest absolute Gasteiger partial charge is 0.338 e. The van der Waals surface area contributed by atoms with Gasteiger partial charge in [-0.15, -0.1) is 0 Å². The molecular formula is C16H16ClNO4S. The Hall–Kier alpha value is -2.05. The molecule has 0 saturated heterocycles. The number of halogens is 1. The molecular weight excluding hydrogens is 338 g/mol. The maximum atomic E-state index is 12.5. The number of nitrogens with one attached hydrogen (secondary N) is 1. The van der Waals surface area contributed by atoms with Crippen LogP contribution in [0.4, 0.5) is 5.69 Å². The lowest BCUT2D eigenvalue weighted by molar-refractivity contribution is 0.0599. The third-order valence-electron chi connectivity index (χ3n) is 3.36. The summed E-state index contributed by atoms with van der Waals surface area (Å²) in [6, 6.07) is 9.15. The van der Waals surface area contributed by atoms with Gasteiger partial charge in [-0.25, -0.2) is 13.2 Å². The first-order valence-electron chi connectivity index (χ1n) is 6.72.